The van der Waals surface area contributed by atoms with E-state index in [0.717, 1.165) is 18.8 Å². The van der Waals surface area contributed by atoms with Crippen LogP contribution < -0.4 is 5.56 Å². The van der Waals surface area contributed by atoms with Gasteiger partial charge in [0.2, 0.25) is 5.91 Å². The van der Waals surface area contributed by atoms with E-state index in [1.807, 2.05) is 18.1 Å². The fraction of sp³-hybridized carbons (Fsp3) is 0.688. The van der Waals surface area contributed by atoms with Crippen molar-refractivity contribution in [3.8, 4) is 0 Å². The van der Waals surface area contributed by atoms with Crippen LogP contribution in [-0.4, -0.2) is 40.1 Å². The van der Waals surface area contributed by atoms with E-state index >= 15 is 0 Å². The Labute approximate surface area is 135 Å². The molecule has 122 valence electrons. The number of aryl methyl sites for hydroxylation is 1. The lowest BCUT2D eigenvalue weighted by Crippen LogP contribution is -2.42. The maximum absolute atomic E-state index is 12.4. The molecular formula is C16H25N3O2S. The standard InChI is InChI=1S/C16H25N3O2S/c1-10-7-11(2)9-19(8-10)14(20)6-5-13-12(3)17-16(22-4)18-15(13)21/h10-11H,5-9H2,1-4H3,(H,17,18,21). The first-order chi connectivity index (χ1) is 10.4. The Bertz CT molecular complexity index is 590. The summed E-state index contributed by atoms with van der Waals surface area (Å²) in [5.41, 5.74) is 1.23. The SMILES string of the molecule is CSc1nc(C)c(CCC(=O)N2CC(C)CC(C)C2)c(=O)[nH]1. The summed E-state index contributed by atoms with van der Waals surface area (Å²) in [5, 5.41) is 0.622. The fourth-order valence-electron chi connectivity index (χ4n) is 3.23. The van der Waals surface area contributed by atoms with Crippen molar-refractivity contribution >= 4 is 17.7 Å². The Morgan fingerprint density at radius 1 is 1.36 bits per heavy atom. The van der Waals surface area contributed by atoms with Gasteiger partial charge in [-0.3, -0.25) is 9.59 Å². The highest BCUT2D eigenvalue weighted by Crippen LogP contribution is 2.21. The van der Waals surface area contributed by atoms with E-state index in [0.29, 0.717) is 35.4 Å². The number of aromatic amines is 1. The molecular weight excluding hydrogens is 298 g/mol. The van der Waals surface area contributed by atoms with Gasteiger partial charge < -0.3 is 9.88 Å². The van der Waals surface area contributed by atoms with E-state index < -0.39 is 0 Å². The highest BCUT2D eigenvalue weighted by molar-refractivity contribution is 7.98. The summed E-state index contributed by atoms with van der Waals surface area (Å²) in [6.07, 6.45) is 3.90. The number of hydrogen-bond donors (Lipinski definition) is 1. The number of thioether (sulfide) groups is 1. The lowest BCUT2D eigenvalue weighted by molar-refractivity contribution is -0.133. The first kappa shape index (κ1) is 17.1. The molecule has 2 rings (SSSR count). The fourth-order valence-corrected chi connectivity index (χ4v) is 3.66. The van der Waals surface area contributed by atoms with Gasteiger partial charge in [-0.2, -0.15) is 0 Å². The van der Waals surface area contributed by atoms with Gasteiger partial charge in [-0.05, 0) is 37.9 Å². The van der Waals surface area contributed by atoms with Crippen LogP contribution in [0.5, 0.6) is 0 Å². The van der Waals surface area contributed by atoms with Crippen molar-refractivity contribution < 1.29 is 4.79 Å². The Morgan fingerprint density at radius 2 is 2.00 bits per heavy atom. The van der Waals surface area contributed by atoms with Crippen LogP contribution >= 0.6 is 11.8 Å². The van der Waals surface area contributed by atoms with Crippen molar-refractivity contribution in [3.05, 3.63) is 21.6 Å². The first-order valence-electron chi connectivity index (χ1n) is 7.82. The predicted octanol–water partition coefficient (Wildman–Crippen LogP) is 2.24. The molecule has 6 heteroatoms. The third-order valence-electron chi connectivity index (χ3n) is 4.20. The maximum Gasteiger partial charge on any atom is 0.254 e. The van der Waals surface area contributed by atoms with Crippen LogP contribution in [0.4, 0.5) is 0 Å². The van der Waals surface area contributed by atoms with Crippen molar-refractivity contribution in [1.29, 1.82) is 0 Å². The van der Waals surface area contributed by atoms with Gasteiger partial charge in [-0.25, -0.2) is 4.98 Å². The lowest BCUT2D eigenvalue weighted by atomic mass is 9.91. The Balaban J connectivity index is 2.01. The number of amides is 1. The normalized spacial score (nSPS) is 21.9. The zero-order chi connectivity index (χ0) is 16.3. The summed E-state index contributed by atoms with van der Waals surface area (Å²) in [6, 6.07) is 0. The molecule has 0 spiro atoms. The van der Waals surface area contributed by atoms with Gasteiger partial charge in [0.05, 0.1) is 0 Å². The Morgan fingerprint density at radius 3 is 2.55 bits per heavy atom. The molecule has 5 nitrogen and oxygen atoms in total. The largest absolute Gasteiger partial charge is 0.342 e. The highest BCUT2D eigenvalue weighted by atomic mass is 32.2. The van der Waals surface area contributed by atoms with E-state index in [-0.39, 0.29) is 11.5 Å². The van der Waals surface area contributed by atoms with Crippen molar-refractivity contribution in [2.24, 2.45) is 11.8 Å². The van der Waals surface area contributed by atoms with Gasteiger partial charge in [-0.15, -0.1) is 0 Å². The van der Waals surface area contributed by atoms with E-state index in [1.165, 1.54) is 18.2 Å². The molecule has 1 amide bonds. The van der Waals surface area contributed by atoms with Gasteiger partial charge in [0.25, 0.3) is 5.56 Å². The number of likely N-dealkylation sites (tertiary alicyclic amines) is 1. The number of carbonyl (C=O) groups is 1. The van der Waals surface area contributed by atoms with E-state index in [4.69, 9.17) is 0 Å². The topological polar surface area (TPSA) is 66.1 Å². The second-order valence-corrected chi connectivity index (χ2v) is 7.18. The van der Waals surface area contributed by atoms with Crippen molar-refractivity contribution in [3.63, 3.8) is 0 Å². The molecule has 22 heavy (non-hydrogen) atoms. The molecule has 0 radical (unpaired) electrons. The molecule has 1 aliphatic rings. The second-order valence-electron chi connectivity index (χ2n) is 6.38. The number of H-pyrrole nitrogens is 1. The van der Waals surface area contributed by atoms with Crippen molar-refractivity contribution in [1.82, 2.24) is 14.9 Å². The monoisotopic (exact) mass is 323 g/mol. The van der Waals surface area contributed by atoms with Crippen LogP contribution in [0.3, 0.4) is 0 Å². The van der Waals surface area contributed by atoms with Crippen molar-refractivity contribution in [2.45, 2.75) is 45.2 Å². The third-order valence-corrected chi connectivity index (χ3v) is 4.78. The van der Waals surface area contributed by atoms with Crippen LogP contribution in [0.15, 0.2) is 9.95 Å². The van der Waals surface area contributed by atoms with Crippen LogP contribution in [-0.2, 0) is 11.2 Å². The number of nitrogens with one attached hydrogen (secondary N) is 1. The smallest absolute Gasteiger partial charge is 0.254 e. The van der Waals surface area contributed by atoms with E-state index in [2.05, 4.69) is 23.8 Å². The summed E-state index contributed by atoms with van der Waals surface area (Å²) in [4.78, 5) is 33.5. The summed E-state index contributed by atoms with van der Waals surface area (Å²) >= 11 is 1.41. The zero-order valence-corrected chi connectivity index (χ0v) is 14.6. The Kier molecular flexibility index (Phi) is 5.67. The minimum atomic E-state index is -0.120. The maximum atomic E-state index is 12.4. The number of hydrogen-bond acceptors (Lipinski definition) is 4. The molecule has 1 aliphatic heterocycles. The van der Waals surface area contributed by atoms with Gasteiger partial charge in [0.1, 0.15) is 0 Å². The molecule has 0 bridgehead atoms. The predicted molar refractivity (Wildman–Crippen MR) is 89.2 cm³/mol. The summed E-state index contributed by atoms with van der Waals surface area (Å²) in [5.74, 6) is 1.26. The molecule has 1 N–H and O–H groups in total. The van der Waals surface area contributed by atoms with Gasteiger partial charge in [0.15, 0.2) is 5.16 Å². The number of carbonyl (C=O) groups excluding carboxylic acids is 1. The highest BCUT2D eigenvalue weighted by Gasteiger charge is 2.25. The average Bonchev–Trinajstić information content (AvgIpc) is 2.44. The number of rotatable bonds is 4. The van der Waals surface area contributed by atoms with Crippen molar-refractivity contribution in [2.75, 3.05) is 19.3 Å². The molecule has 0 aromatic carbocycles. The lowest BCUT2D eigenvalue weighted by Gasteiger charge is -2.35. The molecule has 2 unspecified atom stereocenters. The molecule has 0 aliphatic carbocycles. The molecule has 1 fully saturated rings. The van der Waals surface area contributed by atoms with Gasteiger partial charge in [-0.1, -0.05) is 25.6 Å². The summed E-state index contributed by atoms with van der Waals surface area (Å²) in [6.45, 7) is 7.88. The molecule has 1 saturated heterocycles. The van der Waals surface area contributed by atoms with E-state index in [9.17, 15) is 9.59 Å². The third kappa shape index (κ3) is 4.12. The molecule has 2 heterocycles. The van der Waals surface area contributed by atoms with Gasteiger partial charge in [0, 0.05) is 30.8 Å². The van der Waals surface area contributed by atoms with Gasteiger partial charge >= 0.3 is 0 Å². The molecule has 1 aromatic heterocycles. The number of aromatic nitrogens is 2. The number of nitrogens with zero attached hydrogens (tertiary/aromatic N) is 2. The first-order valence-corrected chi connectivity index (χ1v) is 9.04. The minimum Gasteiger partial charge on any atom is -0.342 e. The van der Waals surface area contributed by atoms with Crippen LogP contribution in [0.1, 0.15) is 37.9 Å². The number of piperidine rings is 1. The average molecular weight is 323 g/mol. The molecule has 0 saturated carbocycles. The second kappa shape index (κ2) is 7.31. The zero-order valence-electron chi connectivity index (χ0n) is 13.8. The van der Waals surface area contributed by atoms with Crippen LogP contribution in [0.25, 0.3) is 0 Å². The summed E-state index contributed by atoms with van der Waals surface area (Å²) < 4.78 is 0. The molecule has 1 aromatic rings. The van der Waals surface area contributed by atoms with E-state index in [1.54, 1.807) is 0 Å². The minimum absolute atomic E-state index is 0.120. The van der Waals surface area contributed by atoms with Crippen LogP contribution in [0.2, 0.25) is 0 Å². The molecule has 2 atom stereocenters. The Hall–Kier alpha value is -1.30. The quantitative estimate of drug-likeness (QED) is 0.682. The summed E-state index contributed by atoms with van der Waals surface area (Å²) in [7, 11) is 0. The van der Waals surface area contributed by atoms with Crippen LogP contribution in [0, 0.1) is 18.8 Å².